The number of halogens is 2. The summed E-state index contributed by atoms with van der Waals surface area (Å²) in [4.78, 5) is 18.2. The lowest BCUT2D eigenvalue weighted by Crippen LogP contribution is -1.93. The van der Waals surface area contributed by atoms with Gasteiger partial charge in [0.2, 0.25) is 11.9 Å². The van der Waals surface area contributed by atoms with Crippen molar-refractivity contribution in [3.63, 3.8) is 0 Å². The lowest BCUT2D eigenvalue weighted by molar-refractivity contribution is 0.589. The van der Waals surface area contributed by atoms with Crippen LogP contribution in [-0.4, -0.2) is 28.7 Å². The summed E-state index contributed by atoms with van der Waals surface area (Å²) < 4.78 is 32.1. The zero-order valence-corrected chi connectivity index (χ0v) is 19.9. The molecule has 0 aliphatic rings. The molecule has 8 heteroatoms. The number of para-hydroxylation sites is 2. The van der Waals surface area contributed by atoms with Crippen LogP contribution in [0, 0.1) is 11.9 Å². The van der Waals surface area contributed by atoms with E-state index in [1.54, 1.807) is 12.1 Å². The Morgan fingerprint density at radius 3 is 1.42 bits per heavy atom. The molecule has 0 bridgehead atoms. The van der Waals surface area contributed by atoms with E-state index in [-0.39, 0.29) is 0 Å². The quantitative estimate of drug-likeness (QED) is 0.207. The number of hydrogen-bond acceptors (Lipinski definition) is 4. The van der Waals surface area contributed by atoms with Gasteiger partial charge in [0.1, 0.15) is 11.3 Å². The van der Waals surface area contributed by atoms with E-state index < -0.39 is 11.9 Å². The number of fused-ring (bicyclic) bond motifs is 12. The fraction of sp³-hybridized carbons (Fsp3) is 0.0667. The molecule has 6 aromatic heterocycles. The van der Waals surface area contributed by atoms with Crippen molar-refractivity contribution in [1.82, 2.24) is 28.7 Å². The van der Waals surface area contributed by atoms with Gasteiger partial charge in [0.05, 0.1) is 33.5 Å². The Balaban J connectivity index is 1.25. The van der Waals surface area contributed by atoms with Gasteiger partial charge in [0.15, 0.2) is 0 Å². The van der Waals surface area contributed by atoms with Crippen LogP contribution in [0.1, 0.15) is 11.4 Å². The second-order valence-corrected chi connectivity index (χ2v) is 9.45. The topological polar surface area (TPSA) is 60.4 Å². The smallest absolute Gasteiger partial charge is 0.213 e. The lowest BCUT2D eigenvalue weighted by Gasteiger charge is -2.06. The molecule has 0 aliphatic heterocycles. The molecule has 6 nitrogen and oxygen atoms in total. The molecule has 0 atom stereocenters. The Bertz CT molecular complexity index is 2070. The number of nitrogens with zero attached hydrogens (tertiary/aromatic N) is 6. The Labute approximate surface area is 213 Å². The Kier molecular flexibility index (Phi) is 4.32. The maximum absolute atomic E-state index is 14.0. The largest absolute Gasteiger partial charge is 0.299 e. The van der Waals surface area contributed by atoms with Crippen LogP contribution in [0.2, 0.25) is 0 Å². The first-order valence-electron chi connectivity index (χ1n) is 12.3. The van der Waals surface area contributed by atoms with E-state index in [4.69, 9.17) is 9.97 Å². The van der Waals surface area contributed by atoms with Gasteiger partial charge in [-0.2, -0.15) is 8.78 Å². The highest BCUT2D eigenvalue weighted by Crippen LogP contribution is 2.30. The molecule has 8 aromatic rings. The molecule has 0 aliphatic carbocycles. The molecule has 0 radical (unpaired) electrons. The molecule has 182 valence electrons. The molecular weight excluding hydrogens is 482 g/mol. The first-order valence-corrected chi connectivity index (χ1v) is 12.3. The molecule has 0 amide bonds. The van der Waals surface area contributed by atoms with Crippen molar-refractivity contribution in [2.75, 3.05) is 0 Å². The van der Waals surface area contributed by atoms with Crippen LogP contribution >= 0.6 is 0 Å². The molecule has 38 heavy (non-hydrogen) atoms. The van der Waals surface area contributed by atoms with E-state index >= 15 is 0 Å². The van der Waals surface area contributed by atoms with Crippen molar-refractivity contribution in [2.24, 2.45) is 0 Å². The number of benzene rings is 2. The van der Waals surface area contributed by atoms with E-state index in [1.807, 2.05) is 60.9 Å². The summed E-state index contributed by atoms with van der Waals surface area (Å²) in [6.07, 6.45) is 5.40. The van der Waals surface area contributed by atoms with Crippen molar-refractivity contribution in [2.45, 2.75) is 12.8 Å². The SMILES string of the molecule is Fc1ccc2c(n1)c1ccccc1n1cc(CCc3cn4c5ccccc5c5nc(F)ccc5c4n3)nc21. The molecule has 0 saturated heterocycles. The minimum absolute atomic E-state index is 0.511. The highest BCUT2D eigenvalue weighted by molar-refractivity contribution is 6.10. The van der Waals surface area contributed by atoms with Crippen molar-refractivity contribution in [3.8, 4) is 0 Å². The fourth-order valence-electron chi connectivity index (χ4n) is 5.51. The maximum Gasteiger partial charge on any atom is 0.213 e. The molecule has 0 saturated carbocycles. The third kappa shape index (κ3) is 3.03. The second kappa shape index (κ2) is 7.76. The standard InChI is InChI=1S/C30H18F2N6/c31-25-13-11-21-27(35-25)19-5-1-3-7-23(19)37-15-17(33-29(21)37)9-10-18-16-38-24-8-4-2-6-20(24)28-22(30(38)34-18)12-14-26(32)36-28/h1-8,11-16H,9-10H2. The lowest BCUT2D eigenvalue weighted by atomic mass is 10.1. The fourth-order valence-corrected chi connectivity index (χ4v) is 5.51. The predicted octanol–water partition coefficient (Wildman–Crippen LogP) is 6.45. The van der Waals surface area contributed by atoms with E-state index in [2.05, 4.69) is 18.8 Å². The van der Waals surface area contributed by atoms with E-state index in [0.717, 1.165) is 55.3 Å². The summed E-state index contributed by atoms with van der Waals surface area (Å²) in [7, 11) is 0. The number of hydrogen-bond donors (Lipinski definition) is 0. The Morgan fingerprint density at radius 2 is 0.947 bits per heavy atom. The minimum Gasteiger partial charge on any atom is -0.299 e. The number of aromatic nitrogens is 6. The molecule has 0 spiro atoms. The van der Waals surface area contributed by atoms with E-state index in [1.165, 1.54) is 12.1 Å². The molecule has 8 rings (SSSR count). The van der Waals surface area contributed by atoms with Crippen molar-refractivity contribution >= 4 is 54.9 Å². The van der Waals surface area contributed by atoms with Gasteiger partial charge in [-0.25, -0.2) is 19.9 Å². The first kappa shape index (κ1) is 21.1. The third-order valence-electron chi connectivity index (χ3n) is 7.19. The Morgan fingerprint density at radius 1 is 0.500 bits per heavy atom. The summed E-state index contributed by atoms with van der Waals surface area (Å²) in [5, 5.41) is 3.37. The van der Waals surface area contributed by atoms with Crippen LogP contribution in [-0.2, 0) is 12.8 Å². The number of imidazole rings is 2. The van der Waals surface area contributed by atoms with E-state index in [0.29, 0.717) is 23.9 Å². The highest BCUT2D eigenvalue weighted by atomic mass is 19.1. The molecule has 6 heterocycles. The van der Waals surface area contributed by atoms with Crippen LogP contribution in [0.15, 0.2) is 85.2 Å². The summed E-state index contributed by atoms with van der Waals surface area (Å²) in [6, 6.07) is 21.9. The van der Waals surface area contributed by atoms with Gasteiger partial charge in [-0.3, -0.25) is 8.80 Å². The van der Waals surface area contributed by atoms with Gasteiger partial charge >= 0.3 is 0 Å². The predicted molar refractivity (Wildman–Crippen MR) is 143 cm³/mol. The van der Waals surface area contributed by atoms with Crippen molar-refractivity contribution in [1.29, 1.82) is 0 Å². The number of aryl methyl sites for hydroxylation is 2. The van der Waals surface area contributed by atoms with Crippen LogP contribution in [0.5, 0.6) is 0 Å². The monoisotopic (exact) mass is 500 g/mol. The summed E-state index contributed by atoms with van der Waals surface area (Å²) >= 11 is 0. The molecule has 2 aromatic carbocycles. The molecule has 0 unspecified atom stereocenters. The van der Waals surface area contributed by atoms with Crippen LogP contribution in [0.4, 0.5) is 8.78 Å². The number of pyridine rings is 4. The third-order valence-corrected chi connectivity index (χ3v) is 7.19. The maximum atomic E-state index is 14.0. The van der Waals surface area contributed by atoms with Gasteiger partial charge in [-0.1, -0.05) is 36.4 Å². The van der Waals surface area contributed by atoms with Gasteiger partial charge in [0, 0.05) is 33.9 Å². The molecular formula is C30H18F2N6. The highest BCUT2D eigenvalue weighted by Gasteiger charge is 2.16. The zero-order chi connectivity index (χ0) is 25.4. The zero-order valence-electron chi connectivity index (χ0n) is 19.9. The Hall–Kier alpha value is -4.98. The summed E-state index contributed by atoms with van der Waals surface area (Å²) in [5.41, 5.74) is 6.38. The minimum atomic E-state index is -0.511. The second-order valence-electron chi connectivity index (χ2n) is 9.45. The summed E-state index contributed by atoms with van der Waals surface area (Å²) in [6.45, 7) is 0. The van der Waals surface area contributed by atoms with Crippen LogP contribution in [0.25, 0.3) is 54.9 Å². The van der Waals surface area contributed by atoms with Crippen molar-refractivity contribution < 1.29 is 8.78 Å². The average molecular weight is 501 g/mol. The van der Waals surface area contributed by atoms with Gasteiger partial charge in [0.25, 0.3) is 0 Å². The normalized spacial score (nSPS) is 12.2. The number of rotatable bonds is 3. The van der Waals surface area contributed by atoms with Crippen LogP contribution < -0.4 is 0 Å². The summed E-state index contributed by atoms with van der Waals surface area (Å²) in [5.74, 6) is -1.02. The van der Waals surface area contributed by atoms with E-state index in [9.17, 15) is 8.78 Å². The van der Waals surface area contributed by atoms with Gasteiger partial charge in [-0.15, -0.1) is 0 Å². The van der Waals surface area contributed by atoms with Gasteiger partial charge in [-0.05, 0) is 49.2 Å². The molecule has 0 fully saturated rings. The first-order chi connectivity index (χ1) is 18.6. The van der Waals surface area contributed by atoms with Crippen molar-refractivity contribution in [3.05, 3.63) is 108 Å². The van der Waals surface area contributed by atoms with Crippen LogP contribution in [0.3, 0.4) is 0 Å². The molecule has 0 N–H and O–H groups in total. The average Bonchev–Trinajstić information content (AvgIpc) is 3.57. The van der Waals surface area contributed by atoms with Gasteiger partial charge < -0.3 is 0 Å².